The van der Waals surface area contributed by atoms with Gasteiger partial charge in [0.25, 0.3) is 0 Å². The summed E-state index contributed by atoms with van der Waals surface area (Å²) in [5, 5.41) is 4.49. The van der Waals surface area contributed by atoms with Gasteiger partial charge in [-0.2, -0.15) is 5.10 Å². The molecule has 0 saturated heterocycles. The number of carbonyl (C=O) groups excluding carboxylic acids is 1. The summed E-state index contributed by atoms with van der Waals surface area (Å²) in [6.45, 7) is 0.986. The fourth-order valence-electron chi connectivity index (χ4n) is 1.76. The number of aromatic nitrogens is 2. The summed E-state index contributed by atoms with van der Waals surface area (Å²) in [7, 11) is 1.61. The smallest absolute Gasteiger partial charge is 0.192 e. The van der Waals surface area contributed by atoms with Crippen LogP contribution in [0.1, 0.15) is 10.5 Å². The van der Waals surface area contributed by atoms with E-state index in [-0.39, 0.29) is 5.78 Å². The Balaban J connectivity index is 2.07. The van der Waals surface area contributed by atoms with Gasteiger partial charge in [-0.25, -0.2) is 0 Å². The van der Waals surface area contributed by atoms with Crippen molar-refractivity contribution >= 4 is 45.1 Å². The molecule has 0 radical (unpaired) electrons. The van der Waals surface area contributed by atoms with Crippen LogP contribution in [0.3, 0.4) is 0 Å². The first-order valence-corrected chi connectivity index (χ1v) is 8.40. The Morgan fingerprint density at radius 2 is 2.24 bits per heavy atom. The maximum absolute atomic E-state index is 12.4. The Labute approximate surface area is 140 Å². The lowest BCUT2D eigenvalue weighted by atomic mass is 10.3. The van der Waals surface area contributed by atoms with Gasteiger partial charge < -0.3 is 4.74 Å². The zero-order chi connectivity index (χ0) is 15.2. The quantitative estimate of drug-likeness (QED) is 0.532. The number of halogens is 2. The van der Waals surface area contributed by atoms with Crippen molar-refractivity contribution in [1.82, 2.24) is 9.78 Å². The first kappa shape index (κ1) is 16.5. The first-order valence-electron chi connectivity index (χ1n) is 6.24. The van der Waals surface area contributed by atoms with Crippen LogP contribution in [0.2, 0.25) is 5.02 Å². The van der Waals surface area contributed by atoms with Gasteiger partial charge >= 0.3 is 0 Å². The molecule has 4 nitrogen and oxygen atoms in total. The highest BCUT2D eigenvalue weighted by atomic mass is 79.9. The minimum Gasteiger partial charge on any atom is -0.383 e. The predicted octanol–water partition coefficient (Wildman–Crippen LogP) is 3.92. The van der Waals surface area contributed by atoms with Crippen LogP contribution in [-0.4, -0.2) is 35.0 Å². The van der Waals surface area contributed by atoms with Gasteiger partial charge in [0.15, 0.2) is 5.78 Å². The molecule has 2 rings (SSSR count). The molecule has 0 bridgehead atoms. The van der Waals surface area contributed by atoms with Gasteiger partial charge in [0.1, 0.15) is 5.69 Å². The Morgan fingerprint density at radius 3 is 2.95 bits per heavy atom. The average molecular weight is 390 g/mol. The summed E-state index contributed by atoms with van der Waals surface area (Å²) in [5.74, 6) is 0.260. The highest BCUT2D eigenvalue weighted by molar-refractivity contribution is 9.10. The molecule has 0 aliphatic heterocycles. The molecule has 0 aliphatic carbocycles. The predicted molar refractivity (Wildman–Crippen MR) is 88.3 cm³/mol. The maximum Gasteiger partial charge on any atom is 0.192 e. The van der Waals surface area contributed by atoms with Gasteiger partial charge in [-0.15, -0.1) is 11.8 Å². The molecule has 0 N–H and O–H groups in total. The van der Waals surface area contributed by atoms with Crippen LogP contribution < -0.4 is 0 Å². The summed E-state index contributed by atoms with van der Waals surface area (Å²) >= 11 is 11.0. The fraction of sp³-hybridized carbons (Fsp3) is 0.286. The summed E-state index contributed by atoms with van der Waals surface area (Å²) in [6.07, 6.45) is 1.49. The number of hydrogen-bond donors (Lipinski definition) is 0. The molecule has 2 aromatic rings. The van der Waals surface area contributed by atoms with Crippen LogP contribution >= 0.6 is 39.3 Å². The van der Waals surface area contributed by atoms with E-state index in [0.717, 1.165) is 9.37 Å². The highest BCUT2D eigenvalue weighted by Crippen LogP contribution is 2.28. The van der Waals surface area contributed by atoms with Crippen molar-refractivity contribution in [2.24, 2.45) is 0 Å². The lowest BCUT2D eigenvalue weighted by molar-refractivity contribution is 0.100. The second-order valence-electron chi connectivity index (χ2n) is 4.20. The SMILES string of the molecule is COCCn1ncc(Cl)c1C(=O)CSc1ccccc1Br. The summed E-state index contributed by atoms with van der Waals surface area (Å²) in [4.78, 5) is 13.4. The lowest BCUT2D eigenvalue weighted by Gasteiger charge is -2.07. The number of Topliss-reactive ketones (excluding diaryl/α,β-unsaturated/α-hetero) is 1. The number of rotatable bonds is 7. The Morgan fingerprint density at radius 1 is 1.48 bits per heavy atom. The molecule has 0 fully saturated rings. The monoisotopic (exact) mass is 388 g/mol. The average Bonchev–Trinajstić information content (AvgIpc) is 2.85. The van der Waals surface area contributed by atoms with Gasteiger partial charge in [0, 0.05) is 16.5 Å². The number of benzene rings is 1. The van der Waals surface area contributed by atoms with Crippen molar-refractivity contribution < 1.29 is 9.53 Å². The van der Waals surface area contributed by atoms with Crippen LogP contribution in [0, 0.1) is 0 Å². The number of hydrogen-bond acceptors (Lipinski definition) is 4. The molecule has 0 saturated carbocycles. The van der Waals surface area contributed by atoms with Gasteiger partial charge in [-0.1, -0.05) is 23.7 Å². The van der Waals surface area contributed by atoms with Crippen LogP contribution in [-0.2, 0) is 11.3 Å². The highest BCUT2D eigenvalue weighted by Gasteiger charge is 2.18. The minimum absolute atomic E-state index is 0.0469. The molecule has 1 aromatic heterocycles. The molecule has 0 amide bonds. The molecule has 1 heterocycles. The molecule has 7 heteroatoms. The summed E-state index contributed by atoms with van der Waals surface area (Å²) in [6, 6.07) is 7.79. The number of carbonyl (C=O) groups is 1. The molecule has 112 valence electrons. The van der Waals surface area contributed by atoms with E-state index < -0.39 is 0 Å². The zero-order valence-corrected chi connectivity index (χ0v) is 14.5. The first-order chi connectivity index (χ1) is 10.1. The van der Waals surface area contributed by atoms with E-state index >= 15 is 0 Å². The van der Waals surface area contributed by atoms with Crippen LogP contribution in [0.4, 0.5) is 0 Å². The van der Waals surface area contributed by atoms with Crippen LogP contribution in [0.15, 0.2) is 39.8 Å². The number of methoxy groups -OCH3 is 1. The van der Waals surface area contributed by atoms with E-state index in [0.29, 0.717) is 29.6 Å². The largest absolute Gasteiger partial charge is 0.383 e. The third-order valence-electron chi connectivity index (χ3n) is 2.76. The van der Waals surface area contributed by atoms with E-state index in [1.165, 1.54) is 18.0 Å². The van der Waals surface area contributed by atoms with E-state index in [2.05, 4.69) is 21.0 Å². The van der Waals surface area contributed by atoms with Crippen molar-refractivity contribution in [2.45, 2.75) is 11.4 Å². The summed E-state index contributed by atoms with van der Waals surface area (Å²) in [5.41, 5.74) is 0.438. The third kappa shape index (κ3) is 4.32. The number of nitrogens with zero attached hydrogens (tertiary/aromatic N) is 2. The second kappa shape index (κ2) is 7.98. The van der Waals surface area contributed by atoms with Gasteiger partial charge in [0.2, 0.25) is 0 Å². The Kier molecular flexibility index (Phi) is 6.29. The third-order valence-corrected chi connectivity index (χ3v) is 5.07. The van der Waals surface area contributed by atoms with Crippen LogP contribution in [0.5, 0.6) is 0 Å². The molecular weight excluding hydrogens is 376 g/mol. The number of ketones is 1. The van der Waals surface area contributed by atoms with Crippen LogP contribution in [0.25, 0.3) is 0 Å². The van der Waals surface area contributed by atoms with Crippen molar-refractivity contribution in [1.29, 1.82) is 0 Å². The maximum atomic E-state index is 12.4. The molecular formula is C14H14BrClN2O2S. The Hall–Kier alpha value is -0.820. The fourth-order valence-corrected chi connectivity index (χ4v) is 3.44. The standard InChI is InChI=1S/C14H14BrClN2O2S/c1-20-7-6-18-14(11(16)8-17-18)12(19)9-21-13-5-3-2-4-10(13)15/h2-5,8H,6-7,9H2,1H3. The van der Waals surface area contributed by atoms with Crippen molar-refractivity contribution in [3.63, 3.8) is 0 Å². The molecule has 1 aromatic carbocycles. The molecule has 0 aliphatic rings. The van der Waals surface area contributed by atoms with Gasteiger partial charge in [-0.3, -0.25) is 9.48 Å². The minimum atomic E-state index is -0.0469. The Bertz CT molecular complexity index is 633. The van der Waals surface area contributed by atoms with E-state index in [9.17, 15) is 4.79 Å². The van der Waals surface area contributed by atoms with Gasteiger partial charge in [-0.05, 0) is 28.1 Å². The molecule has 21 heavy (non-hydrogen) atoms. The van der Waals surface area contributed by atoms with Gasteiger partial charge in [0.05, 0.1) is 30.1 Å². The van der Waals surface area contributed by atoms with E-state index in [4.69, 9.17) is 16.3 Å². The van der Waals surface area contributed by atoms with E-state index in [1.54, 1.807) is 11.8 Å². The topological polar surface area (TPSA) is 44.1 Å². The molecule has 0 atom stereocenters. The summed E-state index contributed by atoms with van der Waals surface area (Å²) < 4.78 is 7.57. The molecule has 0 spiro atoms. The van der Waals surface area contributed by atoms with Crippen molar-refractivity contribution in [3.8, 4) is 0 Å². The zero-order valence-electron chi connectivity index (χ0n) is 11.4. The number of thioether (sulfide) groups is 1. The van der Waals surface area contributed by atoms with Crippen molar-refractivity contribution in [3.05, 3.63) is 45.7 Å². The second-order valence-corrected chi connectivity index (χ2v) is 6.48. The van der Waals surface area contributed by atoms with E-state index in [1.807, 2.05) is 24.3 Å². The lowest BCUT2D eigenvalue weighted by Crippen LogP contribution is -2.15. The number of ether oxygens (including phenoxy) is 1. The normalized spacial score (nSPS) is 10.8. The molecule has 0 unspecified atom stereocenters. The van der Waals surface area contributed by atoms with Crippen molar-refractivity contribution in [2.75, 3.05) is 19.5 Å².